The van der Waals surface area contributed by atoms with E-state index in [1.54, 1.807) is 48.5 Å². The molecule has 0 spiro atoms. The van der Waals surface area contributed by atoms with Gasteiger partial charge in [0.2, 0.25) is 0 Å². The van der Waals surface area contributed by atoms with Crippen LogP contribution in [-0.4, -0.2) is 21.9 Å². The average molecular weight is 488 g/mol. The number of nitrogens with zero attached hydrogens (tertiary/aromatic N) is 2. The highest BCUT2D eigenvalue weighted by molar-refractivity contribution is 7.80. The third kappa shape index (κ3) is 5.42. The SMILES string of the molecule is CCc1ccc(N2C(=O)/C(=C/c3ccc(OCc4cccc([N+](=O)[O-])c4)cc3)C(=O)NC2=S)cc1. The first-order valence-corrected chi connectivity index (χ1v) is 11.2. The van der Waals surface area contributed by atoms with Crippen LogP contribution < -0.4 is 15.0 Å². The summed E-state index contributed by atoms with van der Waals surface area (Å²) in [5, 5.41) is 13.5. The van der Waals surface area contributed by atoms with Gasteiger partial charge in [0.25, 0.3) is 17.5 Å². The van der Waals surface area contributed by atoms with E-state index in [1.807, 2.05) is 19.1 Å². The molecule has 9 heteroatoms. The second kappa shape index (κ2) is 10.3. The van der Waals surface area contributed by atoms with E-state index in [1.165, 1.54) is 23.1 Å². The number of benzene rings is 3. The van der Waals surface area contributed by atoms with E-state index in [0.29, 0.717) is 22.6 Å². The van der Waals surface area contributed by atoms with E-state index in [9.17, 15) is 19.7 Å². The summed E-state index contributed by atoms with van der Waals surface area (Å²) in [5.74, 6) is -0.529. The second-order valence-electron chi connectivity index (χ2n) is 7.76. The summed E-state index contributed by atoms with van der Waals surface area (Å²) < 4.78 is 5.71. The highest BCUT2D eigenvalue weighted by Gasteiger charge is 2.34. The van der Waals surface area contributed by atoms with Gasteiger partial charge in [0.1, 0.15) is 17.9 Å². The standard InChI is InChI=1S/C26H21N3O5S/c1-2-17-6-10-20(11-7-17)28-25(31)23(24(30)27-26(28)35)15-18-8-12-22(13-9-18)34-16-19-4-3-5-21(14-19)29(32)33/h3-15H,2,16H2,1H3,(H,27,30,35)/b23-15+. The molecule has 176 valence electrons. The summed E-state index contributed by atoms with van der Waals surface area (Å²) in [6.45, 7) is 2.20. The number of thiocarbonyl (C=S) groups is 1. The summed E-state index contributed by atoms with van der Waals surface area (Å²) in [5.41, 5.74) is 2.95. The lowest BCUT2D eigenvalue weighted by atomic mass is 10.1. The highest BCUT2D eigenvalue weighted by Crippen LogP contribution is 2.24. The molecule has 2 amide bonds. The minimum Gasteiger partial charge on any atom is -0.489 e. The Morgan fingerprint density at radius 3 is 2.40 bits per heavy atom. The van der Waals surface area contributed by atoms with Crippen molar-refractivity contribution in [3.8, 4) is 5.75 Å². The fraction of sp³-hybridized carbons (Fsp3) is 0.115. The summed E-state index contributed by atoms with van der Waals surface area (Å²) >= 11 is 5.24. The van der Waals surface area contributed by atoms with Crippen LogP contribution in [0.25, 0.3) is 6.08 Å². The first kappa shape index (κ1) is 23.8. The minimum atomic E-state index is -0.563. The van der Waals surface area contributed by atoms with Crippen LogP contribution in [0, 0.1) is 10.1 Å². The molecule has 3 aromatic rings. The number of ether oxygens (including phenoxy) is 1. The zero-order valence-corrected chi connectivity index (χ0v) is 19.6. The van der Waals surface area contributed by atoms with E-state index in [4.69, 9.17) is 17.0 Å². The van der Waals surface area contributed by atoms with Crippen molar-refractivity contribution in [1.82, 2.24) is 5.32 Å². The number of anilines is 1. The van der Waals surface area contributed by atoms with Gasteiger partial charge < -0.3 is 4.74 Å². The Morgan fingerprint density at radius 1 is 1.03 bits per heavy atom. The Balaban J connectivity index is 1.49. The minimum absolute atomic E-state index is 0.00155. The molecule has 4 rings (SSSR count). The Hall–Kier alpha value is -4.37. The lowest BCUT2D eigenvalue weighted by Crippen LogP contribution is -2.54. The van der Waals surface area contributed by atoms with Crippen LogP contribution in [0.4, 0.5) is 11.4 Å². The van der Waals surface area contributed by atoms with Crippen molar-refractivity contribution in [1.29, 1.82) is 0 Å². The fourth-order valence-corrected chi connectivity index (χ4v) is 3.81. The lowest BCUT2D eigenvalue weighted by Gasteiger charge is -2.29. The van der Waals surface area contributed by atoms with Crippen molar-refractivity contribution in [2.75, 3.05) is 4.90 Å². The Kier molecular flexibility index (Phi) is 6.98. The maximum Gasteiger partial charge on any atom is 0.270 e. The van der Waals surface area contributed by atoms with Gasteiger partial charge in [-0.15, -0.1) is 0 Å². The van der Waals surface area contributed by atoms with Crippen LogP contribution >= 0.6 is 12.2 Å². The molecule has 0 bridgehead atoms. The number of hydrogen-bond donors (Lipinski definition) is 1. The fourth-order valence-electron chi connectivity index (χ4n) is 3.53. The molecule has 1 heterocycles. The first-order chi connectivity index (χ1) is 16.9. The average Bonchev–Trinajstić information content (AvgIpc) is 2.86. The molecule has 0 aromatic heterocycles. The normalized spacial score (nSPS) is 14.7. The first-order valence-electron chi connectivity index (χ1n) is 10.8. The molecular weight excluding hydrogens is 466 g/mol. The van der Waals surface area contributed by atoms with Gasteiger partial charge in [0.05, 0.1) is 10.6 Å². The summed E-state index contributed by atoms with van der Waals surface area (Å²) in [6, 6.07) is 20.5. The summed E-state index contributed by atoms with van der Waals surface area (Å²) in [4.78, 5) is 37.4. The van der Waals surface area contributed by atoms with E-state index >= 15 is 0 Å². The molecule has 1 aliphatic rings. The van der Waals surface area contributed by atoms with Crippen molar-refractivity contribution in [3.05, 3.63) is 105 Å². The Morgan fingerprint density at radius 2 is 1.74 bits per heavy atom. The Bertz CT molecular complexity index is 1330. The molecule has 1 N–H and O–H groups in total. The van der Waals surface area contributed by atoms with Crippen LogP contribution in [0.15, 0.2) is 78.4 Å². The molecule has 1 aliphatic heterocycles. The molecule has 8 nitrogen and oxygen atoms in total. The number of rotatable bonds is 7. The monoisotopic (exact) mass is 487 g/mol. The van der Waals surface area contributed by atoms with Gasteiger partial charge in [-0.2, -0.15) is 0 Å². The molecule has 0 radical (unpaired) electrons. The van der Waals surface area contributed by atoms with Crippen molar-refractivity contribution in [3.63, 3.8) is 0 Å². The zero-order valence-electron chi connectivity index (χ0n) is 18.8. The molecular formula is C26H21N3O5S. The van der Waals surface area contributed by atoms with Gasteiger partial charge in [-0.05, 0) is 65.7 Å². The maximum absolute atomic E-state index is 13.1. The predicted molar refractivity (Wildman–Crippen MR) is 136 cm³/mol. The van der Waals surface area contributed by atoms with Crippen LogP contribution in [0.3, 0.4) is 0 Å². The van der Waals surface area contributed by atoms with E-state index in [0.717, 1.165) is 12.0 Å². The topological polar surface area (TPSA) is 102 Å². The third-order valence-corrected chi connectivity index (χ3v) is 5.71. The largest absolute Gasteiger partial charge is 0.489 e. The number of amides is 2. The highest BCUT2D eigenvalue weighted by atomic mass is 32.1. The number of nitro benzene ring substituents is 1. The van der Waals surface area contributed by atoms with Crippen LogP contribution in [0.5, 0.6) is 5.75 Å². The molecule has 1 fully saturated rings. The second-order valence-corrected chi connectivity index (χ2v) is 8.15. The summed E-state index contributed by atoms with van der Waals surface area (Å²) in [7, 11) is 0. The van der Waals surface area contributed by atoms with Gasteiger partial charge in [0, 0.05) is 12.1 Å². The van der Waals surface area contributed by atoms with E-state index in [2.05, 4.69) is 5.32 Å². The van der Waals surface area contributed by atoms with Crippen LogP contribution in [0.1, 0.15) is 23.6 Å². The van der Waals surface area contributed by atoms with Crippen LogP contribution in [0.2, 0.25) is 0 Å². The van der Waals surface area contributed by atoms with Gasteiger partial charge in [0.15, 0.2) is 5.11 Å². The number of carbonyl (C=O) groups is 2. The number of carbonyl (C=O) groups excluding carboxylic acids is 2. The van der Waals surface area contributed by atoms with E-state index < -0.39 is 16.7 Å². The number of nitrogens with one attached hydrogen (secondary N) is 1. The van der Waals surface area contributed by atoms with Crippen molar-refractivity contribution in [2.24, 2.45) is 0 Å². The Labute approximate surface area is 207 Å². The molecule has 0 saturated carbocycles. The number of aryl methyl sites for hydroxylation is 1. The zero-order chi connectivity index (χ0) is 24.9. The molecule has 0 unspecified atom stereocenters. The van der Waals surface area contributed by atoms with Gasteiger partial charge in [-0.25, -0.2) is 0 Å². The van der Waals surface area contributed by atoms with Gasteiger partial charge >= 0.3 is 0 Å². The number of nitro groups is 1. The van der Waals surface area contributed by atoms with Crippen molar-refractivity contribution < 1.29 is 19.2 Å². The molecule has 1 saturated heterocycles. The van der Waals surface area contributed by atoms with Crippen molar-refractivity contribution >= 4 is 46.6 Å². The number of hydrogen-bond acceptors (Lipinski definition) is 6. The maximum atomic E-state index is 13.1. The quantitative estimate of drug-likeness (QED) is 0.172. The third-order valence-electron chi connectivity index (χ3n) is 5.42. The predicted octanol–water partition coefficient (Wildman–Crippen LogP) is 4.57. The van der Waals surface area contributed by atoms with Gasteiger partial charge in [-0.1, -0.05) is 43.3 Å². The molecule has 35 heavy (non-hydrogen) atoms. The number of non-ortho nitro benzene ring substituents is 1. The molecule has 0 aliphatic carbocycles. The van der Waals surface area contributed by atoms with Crippen molar-refractivity contribution in [2.45, 2.75) is 20.0 Å². The summed E-state index contributed by atoms with van der Waals surface area (Å²) in [6.07, 6.45) is 2.36. The van der Waals surface area contributed by atoms with Gasteiger partial charge in [-0.3, -0.25) is 29.9 Å². The molecule has 3 aromatic carbocycles. The smallest absolute Gasteiger partial charge is 0.270 e. The lowest BCUT2D eigenvalue weighted by molar-refractivity contribution is -0.384. The van der Waals surface area contributed by atoms with E-state index in [-0.39, 0.29) is 23.0 Å². The molecule has 0 atom stereocenters. The van der Waals surface area contributed by atoms with Crippen LogP contribution in [-0.2, 0) is 22.6 Å².